The molecule has 0 spiro atoms. The monoisotopic (exact) mass is 382 g/mol. The minimum Gasteiger partial charge on any atom is -0.508 e. The van der Waals surface area contributed by atoms with E-state index in [9.17, 15) is 9.90 Å². The molecule has 4 fully saturated rings. The van der Waals surface area contributed by atoms with Crippen LogP contribution in [0.3, 0.4) is 0 Å². The van der Waals surface area contributed by atoms with Gasteiger partial charge in [-0.2, -0.15) is 0 Å². The molecular weight excluding hydrogens is 356 g/mol. The highest BCUT2D eigenvalue weighted by Crippen LogP contribution is 2.47. The molecular formula is C22H26N2O4. The minimum atomic E-state index is -0.0336. The molecule has 4 saturated heterocycles. The number of phenols is 1. The van der Waals surface area contributed by atoms with Crippen molar-refractivity contribution in [1.29, 1.82) is 0 Å². The van der Waals surface area contributed by atoms with Gasteiger partial charge in [0.1, 0.15) is 18.1 Å². The number of benzene rings is 1. The van der Waals surface area contributed by atoms with Gasteiger partial charge < -0.3 is 19.2 Å². The summed E-state index contributed by atoms with van der Waals surface area (Å²) >= 11 is 0. The Morgan fingerprint density at radius 1 is 1.21 bits per heavy atom. The van der Waals surface area contributed by atoms with Gasteiger partial charge in [-0.15, -0.1) is 0 Å². The molecule has 1 amide bonds. The van der Waals surface area contributed by atoms with Gasteiger partial charge in [0.05, 0.1) is 6.04 Å². The van der Waals surface area contributed by atoms with Gasteiger partial charge in [-0.25, -0.2) is 0 Å². The number of hydrogen-bond donors (Lipinski definition) is 1. The lowest BCUT2D eigenvalue weighted by molar-refractivity contribution is -0.00440. The Morgan fingerprint density at radius 2 is 2.04 bits per heavy atom. The van der Waals surface area contributed by atoms with Gasteiger partial charge in [0.2, 0.25) is 0 Å². The Kier molecular flexibility index (Phi) is 4.40. The third-order valence-corrected chi connectivity index (χ3v) is 6.71. The number of hydrogen-bond acceptors (Lipinski definition) is 5. The number of phenolic OH excluding ortho intramolecular Hbond substituents is 1. The molecule has 2 aromatic rings. The predicted molar refractivity (Wildman–Crippen MR) is 103 cm³/mol. The average Bonchev–Trinajstić information content (AvgIpc) is 3.35. The first-order chi connectivity index (χ1) is 13.7. The first-order valence-electron chi connectivity index (χ1n) is 10.1. The number of nitrogens with zero attached hydrogens (tertiary/aromatic N) is 2. The summed E-state index contributed by atoms with van der Waals surface area (Å²) in [7, 11) is 1.61. The summed E-state index contributed by atoms with van der Waals surface area (Å²) in [5, 5.41) is 9.99. The standard InChI is InChI=1S/C22H26N2O4/c1-27-13-17-5-6-19(28-17)22(26)24-12-18(15-3-2-4-16(25)11-15)21-20(24)14-7-9-23(21)10-8-14/h2-6,11,14,18,20-21,25H,7-10,12-13H2,1H3/t18-,20+,21+/m0/s1. The predicted octanol–water partition coefficient (Wildman–Crippen LogP) is 2.83. The van der Waals surface area contributed by atoms with Crippen LogP contribution in [0.1, 0.15) is 40.6 Å². The molecule has 4 aliphatic rings. The molecule has 0 radical (unpaired) electrons. The quantitative estimate of drug-likeness (QED) is 0.881. The van der Waals surface area contributed by atoms with E-state index in [4.69, 9.17) is 9.15 Å². The van der Waals surface area contributed by atoms with Gasteiger partial charge in [-0.3, -0.25) is 9.69 Å². The van der Waals surface area contributed by atoms with Gasteiger partial charge in [-0.1, -0.05) is 12.1 Å². The molecule has 6 rings (SSSR count). The highest BCUT2D eigenvalue weighted by Gasteiger charge is 2.55. The molecule has 0 aliphatic carbocycles. The van der Waals surface area contributed by atoms with Crippen LogP contribution in [0, 0.1) is 5.92 Å². The Morgan fingerprint density at radius 3 is 2.79 bits per heavy atom. The van der Waals surface area contributed by atoms with E-state index < -0.39 is 0 Å². The molecule has 1 N–H and O–H groups in total. The molecule has 4 aliphatic heterocycles. The van der Waals surface area contributed by atoms with Crippen molar-refractivity contribution < 1.29 is 19.1 Å². The van der Waals surface area contributed by atoms with E-state index in [1.807, 2.05) is 23.1 Å². The van der Waals surface area contributed by atoms with E-state index >= 15 is 0 Å². The fourth-order valence-corrected chi connectivity index (χ4v) is 5.56. The smallest absolute Gasteiger partial charge is 0.289 e. The summed E-state index contributed by atoms with van der Waals surface area (Å²) < 4.78 is 10.9. The van der Waals surface area contributed by atoms with Crippen LogP contribution in [-0.4, -0.2) is 59.6 Å². The average molecular weight is 382 g/mol. The van der Waals surface area contributed by atoms with Crippen molar-refractivity contribution in [3.05, 3.63) is 53.5 Å². The summed E-state index contributed by atoms with van der Waals surface area (Å²) in [5.41, 5.74) is 1.11. The molecule has 0 unspecified atom stereocenters. The third-order valence-electron chi connectivity index (χ3n) is 6.71. The van der Waals surface area contributed by atoms with Crippen molar-refractivity contribution in [3.63, 3.8) is 0 Å². The van der Waals surface area contributed by atoms with E-state index in [-0.39, 0.29) is 23.6 Å². The van der Waals surface area contributed by atoms with Crippen molar-refractivity contribution in [2.24, 2.45) is 5.92 Å². The summed E-state index contributed by atoms with van der Waals surface area (Å²) in [5.74, 6) is 2.05. The van der Waals surface area contributed by atoms with Crippen molar-refractivity contribution >= 4 is 5.91 Å². The summed E-state index contributed by atoms with van der Waals surface area (Å²) in [4.78, 5) is 17.9. The number of rotatable bonds is 4. The highest BCUT2D eigenvalue weighted by atomic mass is 16.5. The number of furan rings is 1. The van der Waals surface area contributed by atoms with Crippen LogP contribution in [0.4, 0.5) is 0 Å². The topological polar surface area (TPSA) is 66.2 Å². The van der Waals surface area contributed by atoms with Crippen molar-refractivity contribution in [1.82, 2.24) is 9.80 Å². The Bertz CT molecular complexity index is 871. The lowest BCUT2D eigenvalue weighted by Gasteiger charge is -2.51. The zero-order valence-electron chi connectivity index (χ0n) is 16.1. The van der Waals surface area contributed by atoms with Crippen LogP contribution >= 0.6 is 0 Å². The molecule has 28 heavy (non-hydrogen) atoms. The molecule has 3 atom stereocenters. The normalized spacial score (nSPS) is 31.2. The zero-order chi connectivity index (χ0) is 19.3. The van der Waals surface area contributed by atoms with Gasteiger partial charge in [0.25, 0.3) is 5.91 Å². The van der Waals surface area contributed by atoms with E-state index in [1.165, 1.54) is 0 Å². The lowest BCUT2D eigenvalue weighted by atomic mass is 9.75. The Hall–Kier alpha value is -2.31. The second-order valence-electron chi connectivity index (χ2n) is 8.21. The van der Waals surface area contributed by atoms with E-state index in [2.05, 4.69) is 11.0 Å². The first-order valence-corrected chi connectivity index (χ1v) is 10.1. The second kappa shape index (κ2) is 6.94. The lowest BCUT2D eigenvalue weighted by Crippen LogP contribution is -2.60. The number of methoxy groups -OCH3 is 1. The number of ether oxygens (including phenoxy) is 1. The molecule has 148 valence electrons. The second-order valence-corrected chi connectivity index (χ2v) is 8.21. The number of amides is 1. The maximum Gasteiger partial charge on any atom is 0.289 e. The Balaban J connectivity index is 1.48. The SMILES string of the molecule is COCc1ccc(C(=O)N2C[C@@H](c3cccc(O)c3)[C@@H]3[C@H]2C2CCN3CC2)o1. The molecule has 0 saturated carbocycles. The molecule has 1 aromatic heterocycles. The van der Waals surface area contributed by atoms with Crippen molar-refractivity contribution in [2.75, 3.05) is 26.7 Å². The van der Waals surface area contributed by atoms with Crippen molar-refractivity contribution in [2.45, 2.75) is 37.5 Å². The summed E-state index contributed by atoms with van der Waals surface area (Å²) in [6, 6.07) is 11.6. The zero-order valence-corrected chi connectivity index (χ0v) is 16.1. The van der Waals surface area contributed by atoms with Crippen LogP contribution in [0.2, 0.25) is 0 Å². The maximum absolute atomic E-state index is 13.4. The third kappa shape index (κ3) is 2.83. The number of likely N-dealkylation sites (tertiary alicyclic amines) is 1. The number of carbonyl (C=O) groups is 1. The molecule has 6 nitrogen and oxygen atoms in total. The fourth-order valence-electron chi connectivity index (χ4n) is 5.56. The van der Waals surface area contributed by atoms with Crippen molar-refractivity contribution in [3.8, 4) is 5.75 Å². The van der Waals surface area contributed by atoms with E-state index in [1.54, 1.807) is 19.2 Å². The number of fused-ring (bicyclic) bond motifs is 2. The Labute approximate surface area is 164 Å². The molecule has 6 heteroatoms. The van der Waals surface area contributed by atoms with E-state index in [0.717, 1.165) is 31.5 Å². The number of carbonyl (C=O) groups excluding carboxylic acids is 1. The fraction of sp³-hybridized carbons (Fsp3) is 0.500. The molecule has 2 bridgehead atoms. The molecule has 1 aromatic carbocycles. The van der Waals surface area contributed by atoms with Crippen LogP contribution in [0.25, 0.3) is 0 Å². The molecule has 5 heterocycles. The number of piperidine rings is 3. The maximum atomic E-state index is 13.4. The van der Waals surface area contributed by atoms with Gasteiger partial charge in [-0.05, 0) is 61.7 Å². The summed E-state index contributed by atoms with van der Waals surface area (Å²) in [6.07, 6.45) is 2.29. The largest absolute Gasteiger partial charge is 0.508 e. The number of aromatic hydroxyl groups is 1. The van der Waals surface area contributed by atoms with Crippen LogP contribution < -0.4 is 0 Å². The van der Waals surface area contributed by atoms with Gasteiger partial charge in [0, 0.05) is 25.6 Å². The van der Waals surface area contributed by atoms with Crippen LogP contribution in [-0.2, 0) is 11.3 Å². The highest BCUT2D eigenvalue weighted by molar-refractivity contribution is 5.92. The van der Waals surface area contributed by atoms with Gasteiger partial charge >= 0.3 is 0 Å². The minimum absolute atomic E-state index is 0.0336. The van der Waals surface area contributed by atoms with E-state index in [0.29, 0.717) is 36.6 Å². The van der Waals surface area contributed by atoms with Gasteiger partial charge in [0.15, 0.2) is 5.76 Å². The summed E-state index contributed by atoms with van der Waals surface area (Å²) in [6.45, 7) is 3.22. The van der Waals surface area contributed by atoms with Crippen LogP contribution in [0.5, 0.6) is 5.75 Å². The first kappa shape index (κ1) is 17.8. The van der Waals surface area contributed by atoms with Crippen LogP contribution in [0.15, 0.2) is 40.8 Å².